The summed E-state index contributed by atoms with van der Waals surface area (Å²) in [4.78, 5) is 42.0. The van der Waals surface area contributed by atoms with Crippen molar-refractivity contribution in [2.45, 2.75) is 105 Å². The number of carbonyl (C=O) groups excluding carboxylic acids is 3. The van der Waals surface area contributed by atoms with E-state index in [2.05, 4.69) is 4.90 Å². The molecule has 3 aliphatic rings. The summed E-state index contributed by atoms with van der Waals surface area (Å²) in [5, 5.41) is 0.527. The predicted molar refractivity (Wildman–Crippen MR) is 225 cm³/mol. The van der Waals surface area contributed by atoms with Crippen LogP contribution < -0.4 is 4.90 Å². The Morgan fingerprint density at radius 2 is 1.38 bits per heavy atom. The molecule has 3 aliphatic heterocycles. The van der Waals surface area contributed by atoms with Gasteiger partial charge in [0.25, 0.3) is 11.8 Å². The van der Waals surface area contributed by atoms with E-state index in [1.54, 1.807) is 25.1 Å². The van der Waals surface area contributed by atoms with Gasteiger partial charge in [0.05, 0.1) is 25.3 Å². The minimum atomic E-state index is -4.88. The Kier molecular flexibility index (Phi) is 15.9. The first-order chi connectivity index (χ1) is 29.5. The number of imide groups is 1. The van der Waals surface area contributed by atoms with Gasteiger partial charge >= 0.3 is 5.97 Å². The zero-order chi connectivity index (χ0) is 46.4. The number of amides is 2. The molecule has 0 bridgehead atoms. The number of hydroxylamine groups is 2. The quantitative estimate of drug-likeness (QED) is 0.0659. The molecule has 3 heterocycles. The van der Waals surface area contributed by atoms with Crippen LogP contribution in [0, 0.1) is 0 Å². The first kappa shape index (κ1) is 49.7. The Balaban J connectivity index is 1.48. The standard InChI is InChI=1S/C42H55N3O15S3/c1-41(21-11-27-61(49,50)51)32-28-30(62(52,53)54)16-18-35(32)44(24-26-59-4)36(41)12-10-13-37-42(2,22-25-58-3)33-29-31(63(55,56)57)15-17-34(33)43(37)23-9-7-5-6-8-14-40(48)60-45-38(46)19-20-39(45)47/h10,12-13,15-18,28-29H,5-9,11,14,19-27H2,1-4H3,(H2-,49,50,51,52,53,54,55,56,57)/p-2. The zero-order valence-electron chi connectivity index (χ0n) is 35.7. The Hall–Kier alpha value is -4.35. The van der Waals surface area contributed by atoms with Crippen molar-refractivity contribution in [3.05, 3.63) is 71.5 Å². The van der Waals surface area contributed by atoms with Gasteiger partial charge in [-0.2, -0.15) is 4.58 Å². The Bertz CT molecular complexity index is 2500. The van der Waals surface area contributed by atoms with E-state index in [1.165, 1.54) is 44.6 Å². The van der Waals surface area contributed by atoms with Crippen molar-refractivity contribution in [1.82, 2.24) is 5.06 Å². The second-order valence-corrected chi connectivity index (χ2v) is 20.5. The van der Waals surface area contributed by atoms with E-state index in [9.17, 15) is 53.3 Å². The van der Waals surface area contributed by atoms with Gasteiger partial charge in [-0.3, -0.25) is 9.59 Å². The maximum atomic E-state index is 12.3. The number of ether oxygens (including phenoxy) is 2. The van der Waals surface area contributed by atoms with Crippen LogP contribution in [0.25, 0.3) is 0 Å². The smallest absolute Gasteiger partial charge is 0.333 e. The first-order valence-corrected chi connectivity index (χ1v) is 24.9. The van der Waals surface area contributed by atoms with E-state index < -0.39 is 69.6 Å². The molecule has 63 heavy (non-hydrogen) atoms. The maximum Gasteiger partial charge on any atom is 0.333 e. The summed E-state index contributed by atoms with van der Waals surface area (Å²) < 4.78 is 121. The number of hydrogen-bond donors (Lipinski definition) is 0. The van der Waals surface area contributed by atoms with Crippen molar-refractivity contribution < 1.29 is 72.2 Å². The fourth-order valence-electron chi connectivity index (χ4n) is 8.58. The Labute approximate surface area is 368 Å². The molecule has 2 unspecified atom stereocenters. The minimum absolute atomic E-state index is 0.00754. The molecule has 18 nitrogen and oxygen atoms in total. The molecule has 5 rings (SSSR count). The number of unbranched alkanes of at least 4 members (excludes halogenated alkanes) is 4. The van der Waals surface area contributed by atoms with Crippen LogP contribution in [0.1, 0.15) is 95.6 Å². The van der Waals surface area contributed by atoms with Gasteiger partial charge in [-0.15, -0.1) is 5.06 Å². The first-order valence-electron chi connectivity index (χ1n) is 20.6. The number of rotatable bonds is 23. The van der Waals surface area contributed by atoms with Crippen LogP contribution in [-0.4, -0.2) is 118 Å². The number of allylic oxidation sites excluding steroid dienone is 4. The Morgan fingerprint density at radius 3 is 2.00 bits per heavy atom. The molecule has 2 amide bonds. The number of carbonyl (C=O) groups is 3. The van der Waals surface area contributed by atoms with E-state index in [1.807, 2.05) is 17.6 Å². The molecule has 0 saturated carbocycles. The molecule has 346 valence electrons. The van der Waals surface area contributed by atoms with Crippen LogP contribution in [0.4, 0.5) is 11.4 Å². The van der Waals surface area contributed by atoms with Gasteiger partial charge in [0.15, 0.2) is 12.3 Å². The van der Waals surface area contributed by atoms with E-state index in [0.717, 1.165) is 18.5 Å². The van der Waals surface area contributed by atoms with Gasteiger partial charge in [-0.25, -0.2) is 30.0 Å². The summed E-state index contributed by atoms with van der Waals surface area (Å²) in [5.41, 5.74) is 1.70. The lowest BCUT2D eigenvalue weighted by Gasteiger charge is -2.30. The van der Waals surface area contributed by atoms with Gasteiger partial charge in [0, 0.05) is 86.9 Å². The fraction of sp³-hybridized carbons (Fsp3) is 0.524. The molecule has 1 saturated heterocycles. The zero-order valence-corrected chi connectivity index (χ0v) is 38.1. The van der Waals surface area contributed by atoms with E-state index in [4.69, 9.17) is 14.3 Å². The molecule has 0 aromatic heterocycles. The lowest BCUT2D eigenvalue weighted by atomic mass is 9.75. The molecule has 2 aromatic rings. The fourth-order valence-corrected chi connectivity index (χ4v) is 10.1. The normalized spacial score (nSPS) is 21.0. The highest BCUT2D eigenvalue weighted by Crippen LogP contribution is 2.51. The van der Waals surface area contributed by atoms with Crippen molar-refractivity contribution >= 4 is 65.2 Å². The maximum absolute atomic E-state index is 12.3. The van der Waals surface area contributed by atoms with Crippen LogP contribution in [0.3, 0.4) is 0 Å². The number of fused-ring (bicyclic) bond motifs is 2. The topological polar surface area (TPSA) is 260 Å². The average Bonchev–Trinajstić information content (AvgIpc) is 3.73. The van der Waals surface area contributed by atoms with Gasteiger partial charge in [0.2, 0.25) is 5.69 Å². The molecule has 2 atom stereocenters. The van der Waals surface area contributed by atoms with Crippen LogP contribution >= 0.6 is 0 Å². The number of anilines is 1. The largest absolute Gasteiger partial charge is 0.748 e. The molecule has 0 N–H and O–H groups in total. The van der Waals surface area contributed by atoms with Gasteiger partial charge < -0.3 is 32.9 Å². The van der Waals surface area contributed by atoms with Crippen LogP contribution in [0.2, 0.25) is 0 Å². The second-order valence-electron chi connectivity index (χ2n) is 16.2. The van der Waals surface area contributed by atoms with Crippen molar-refractivity contribution in [2.75, 3.05) is 51.2 Å². The average molecular weight is 936 g/mol. The summed E-state index contributed by atoms with van der Waals surface area (Å²) in [6, 6.07) is 8.28. The highest BCUT2D eigenvalue weighted by atomic mass is 32.2. The van der Waals surface area contributed by atoms with Gasteiger partial charge in [-0.05, 0) is 87.9 Å². The summed E-state index contributed by atoms with van der Waals surface area (Å²) in [6.07, 6.45) is 9.17. The van der Waals surface area contributed by atoms with Crippen molar-refractivity contribution in [1.29, 1.82) is 0 Å². The predicted octanol–water partition coefficient (Wildman–Crippen LogP) is 4.03. The van der Waals surface area contributed by atoms with Gasteiger partial charge in [-0.1, -0.05) is 25.3 Å². The van der Waals surface area contributed by atoms with Crippen molar-refractivity contribution in [3.8, 4) is 0 Å². The summed E-state index contributed by atoms with van der Waals surface area (Å²) in [5.74, 6) is -2.42. The third kappa shape index (κ3) is 11.7. The molecule has 0 radical (unpaired) electrons. The van der Waals surface area contributed by atoms with Crippen LogP contribution in [-0.2, 0) is 69.9 Å². The van der Waals surface area contributed by atoms with Crippen LogP contribution in [0.15, 0.2) is 70.1 Å². The third-order valence-electron chi connectivity index (χ3n) is 11.9. The molecular formula is C42H53N3O15S3-2. The summed E-state index contributed by atoms with van der Waals surface area (Å²) in [6.45, 7) is 4.97. The lowest BCUT2D eigenvalue weighted by molar-refractivity contribution is -0.441. The van der Waals surface area contributed by atoms with E-state index in [0.29, 0.717) is 65.5 Å². The Morgan fingerprint density at radius 1 is 0.778 bits per heavy atom. The number of benzene rings is 2. The monoisotopic (exact) mass is 935 g/mol. The van der Waals surface area contributed by atoms with Crippen LogP contribution in [0.5, 0.6) is 0 Å². The number of hydrogen-bond acceptors (Lipinski definition) is 16. The summed E-state index contributed by atoms with van der Waals surface area (Å²) in [7, 11) is -11.2. The molecule has 2 aromatic carbocycles. The lowest BCUT2D eigenvalue weighted by Crippen LogP contribution is -2.33. The molecule has 21 heteroatoms. The third-order valence-corrected chi connectivity index (χ3v) is 14.3. The second kappa shape index (κ2) is 20.2. The molecule has 1 fully saturated rings. The van der Waals surface area contributed by atoms with Crippen molar-refractivity contribution in [2.24, 2.45) is 0 Å². The molecule has 0 spiro atoms. The van der Waals surface area contributed by atoms with E-state index in [-0.39, 0.29) is 56.8 Å². The van der Waals surface area contributed by atoms with Gasteiger partial charge in [0.1, 0.15) is 26.8 Å². The number of methoxy groups -OCH3 is 2. The molecular weight excluding hydrogens is 883 g/mol. The SMILES string of the molecule is COCC[N+]1=C(C=CC=C2N(CCCCCCCC(=O)ON3C(=O)CCC3=O)c3ccc(S(=O)(=O)[O-])cc3C2(C)CCOC)C(C)(CCCS(=O)(=O)[O-])c2cc(S(=O)(=O)[O-])ccc21. The minimum Gasteiger partial charge on any atom is -0.748 e. The number of nitrogens with zero attached hydrogens (tertiary/aromatic N) is 3. The highest BCUT2D eigenvalue weighted by Gasteiger charge is 2.48. The van der Waals surface area contributed by atoms with E-state index >= 15 is 0 Å². The highest BCUT2D eigenvalue weighted by molar-refractivity contribution is 7.86. The molecule has 0 aliphatic carbocycles. The van der Waals surface area contributed by atoms with Crippen molar-refractivity contribution in [3.63, 3.8) is 0 Å². The summed E-state index contributed by atoms with van der Waals surface area (Å²) >= 11 is 0.